The number of nitrogens with zero attached hydrogens (tertiary/aromatic N) is 2. The second-order valence-corrected chi connectivity index (χ2v) is 6.36. The van der Waals surface area contributed by atoms with Crippen molar-refractivity contribution in [2.45, 2.75) is 26.8 Å². The van der Waals surface area contributed by atoms with Gasteiger partial charge in [-0.15, -0.1) is 10.2 Å². The highest BCUT2D eigenvalue weighted by Gasteiger charge is 2.06. The largest absolute Gasteiger partial charge is 0.365 e. The van der Waals surface area contributed by atoms with E-state index in [1.54, 1.807) is 6.07 Å². The Bertz CT molecular complexity index is 873. The first-order valence-corrected chi connectivity index (χ1v) is 8.57. The summed E-state index contributed by atoms with van der Waals surface area (Å²) in [6, 6.07) is 19.8. The highest BCUT2D eigenvalue weighted by atomic mass is 16.1. The number of amides is 1. The van der Waals surface area contributed by atoms with E-state index in [1.807, 2.05) is 43.3 Å². The average Bonchev–Trinajstić information content (AvgIpc) is 2.63. The molecule has 0 fully saturated rings. The lowest BCUT2D eigenvalue weighted by molar-refractivity contribution is -0.115. The quantitative estimate of drug-likeness (QED) is 0.711. The van der Waals surface area contributed by atoms with E-state index in [0.717, 1.165) is 5.56 Å². The molecule has 0 aliphatic carbocycles. The van der Waals surface area contributed by atoms with Gasteiger partial charge in [-0.3, -0.25) is 4.79 Å². The summed E-state index contributed by atoms with van der Waals surface area (Å²) >= 11 is 0. The molecule has 0 bridgehead atoms. The number of rotatable bonds is 6. The molecule has 0 spiro atoms. The Morgan fingerprint density at radius 3 is 2.27 bits per heavy atom. The van der Waals surface area contributed by atoms with Crippen molar-refractivity contribution < 1.29 is 4.79 Å². The normalized spacial score (nSPS) is 10.4. The molecular formula is C21H22N4O. The van der Waals surface area contributed by atoms with E-state index in [-0.39, 0.29) is 5.91 Å². The predicted octanol–water partition coefficient (Wildman–Crippen LogP) is 3.89. The zero-order valence-corrected chi connectivity index (χ0v) is 15.0. The average molecular weight is 346 g/mol. The van der Waals surface area contributed by atoms with Crippen LogP contribution in [-0.4, -0.2) is 16.1 Å². The molecule has 0 aliphatic heterocycles. The van der Waals surface area contributed by atoms with E-state index in [0.29, 0.717) is 24.6 Å². The van der Waals surface area contributed by atoms with Crippen LogP contribution in [0.25, 0.3) is 0 Å². The van der Waals surface area contributed by atoms with E-state index in [2.05, 4.69) is 46.0 Å². The van der Waals surface area contributed by atoms with Gasteiger partial charge in [0, 0.05) is 6.54 Å². The van der Waals surface area contributed by atoms with Crippen molar-refractivity contribution in [3.8, 4) is 0 Å². The zero-order valence-electron chi connectivity index (χ0n) is 15.0. The molecule has 2 aromatic carbocycles. The summed E-state index contributed by atoms with van der Waals surface area (Å²) in [5.74, 6) is 1.01. The fraction of sp³-hybridized carbons (Fsp3) is 0.190. The van der Waals surface area contributed by atoms with Gasteiger partial charge in [-0.05, 0) is 37.1 Å². The zero-order chi connectivity index (χ0) is 18.4. The van der Waals surface area contributed by atoms with Crippen molar-refractivity contribution in [2.24, 2.45) is 0 Å². The summed E-state index contributed by atoms with van der Waals surface area (Å²) in [6.45, 7) is 4.76. The molecule has 0 radical (unpaired) electrons. The maximum absolute atomic E-state index is 12.1. The molecule has 0 saturated carbocycles. The number of aryl methyl sites for hydroxylation is 2. The van der Waals surface area contributed by atoms with Crippen LogP contribution in [0.5, 0.6) is 0 Å². The van der Waals surface area contributed by atoms with E-state index in [9.17, 15) is 4.79 Å². The van der Waals surface area contributed by atoms with Crippen LogP contribution >= 0.6 is 0 Å². The minimum Gasteiger partial charge on any atom is -0.365 e. The van der Waals surface area contributed by atoms with Crippen LogP contribution in [0.3, 0.4) is 0 Å². The van der Waals surface area contributed by atoms with Gasteiger partial charge in [0.05, 0.1) is 6.42 Å². The lowest BCUT2D eigenvalue weighted by Gasteiger charge is -2.07. The maximum atomic E-state index is 12.1. The minimum atomic E-state index is -0.108. The van der Waals surface area contributed by atoms with Gasteiger partial charge in [0.2, 0.25) is 5.91 Å². The molecule has 26 heavy (non-hydrogen) atoms. The minimum absolute atomic E-state index is 0.108. The first-order valence-electron chi connectivity index (χ1n) is 8.57. The predicted molar refractivity (Wildman–Crippen MR) is 104 cm³/mol. The van der Waals surface area contributed by atoms with Gasteiger partial charge in [-0.2, -0.15) is 0 Å². The Morgan fingerprint density at radius 1 is 0.846 bits per heavy atom. The Kier molecular flexibility index (Phi) is 5.59. The lowest BCUT2D eigenvalue weighted by atomic mass is 10.1. The van der Waals surface area contributed by atoms with Crippen LogP contribution in [0, 0.1) is 13.8 Å². The summed E-state index contributed by atoms with van der Waals surface area (Å²) in [5, 5.41) is 14.2. The van der Waals surface area contributed by atoms with E-state index in [4.69, 9.17) is 0 Å². The second kappa shape index (κ2) is 8.25. The molecule has 0 aliphatic rings. The Morgan fingerprint density at radius 2 is 1.58 bits per heavy atom. The highest BCUT2D eigenvalue weighted by molar-refractivity contribution is 5.91. The lowest BCUT2D eigenvalue weighted by Crippen LogP contribution is -2.16. The molecule has 1 aromatic heterocycles. The summed E-state index contributed by atoms with van der Waals surface area (Å²) in [4.78, 5) is 12.1. The number of hydrogen-bond donors (Lipinski definition) is 2. The molecule has 0 saturated heterocycles. The van der Waals surface area contributed by atoms with Crippen molar-refractivity contribution in [3.63, 3.8) is 0 Å². The Balaban J connectivity index is 1.52. The van der Waals surface area contributed by atoms with Crippen molar-refractivity contribution >= 4 is 17.5 Å². The topological polar surface area (TPSA) is 66.9 Å². The molecule has 5 heteroatoms. The number of benzene rings is 2. The smallest absolute Gasteiger partial charge is 0.229 e. The summed E-state index contributed by atoms with van der Waals surface area (Å²) in [5.41, 5.74) is 4.55. The van der Waals surface area contributed by atoms with Crippen LogP contribution in [0.2, 0.25) is 0 Å². The first-order chi connectivity index (χ1) is 12.6. The van der Waals surface area contributed by atoms with Crippen molar-refractivity contribution in [1.82, 2.24) is 10.2 Å². The molecule has 132 valence electrons. The van der Waals surface area contributed by atoms with Crippen molar-refractivity contribution in [3.05, 3.63) is 82.9 Å². The van der Waals surface area contributed by atoms with Crippen molar-refractivity contribution in [2.75, 3.05) is 10.6 Å². The number of hydrogen-bond acceptors (Lipinski definition) is 4. The summed E-state index contributed by atoms with van der Waals surface area (Å²) < 4.78 is 0. The number of nitrogens with one attached hydrogen (secondary N) is 2. The van der Waals surface area contributed by atoms with Gasteiger partial charge in [0.25, 0.3) is 0 Å². The monoisotopic (exact) mass is 346 g/mol. The third kappa shape index (κ3) is 5.14. The van der Waals surface area contributed by atoms with Crippen LogP contribution in [0.1, 0.15) is 22.3 Å². The fourth-order valence-corrected chi connectivity index (χ4v) is 2.59. The first kappa shape index (κ1) is 17.6. The molecule has 2 N–H and O–H groups in total. The standard InChI is InChI=1S/C21H22N4O/c1-15-6-8-17(9-7-15)13-21(26)23-20-11-10-19(24-25-20)22-14-18-5-3-4-16(2)12-18/h3-12H,13-14H2,1-2H3,(H,22,24)(H,23,25,26). The third-order valence-electron chi connectivity index (χ3n) is 3.97. The molecule has 0 unspecified atom stereocenters. The van der Waals surface area contributed by atoms with Crippen LogP contribution < -0.4 is 10.6 Å². The summed E-state index contributed by atoms with van der Waals surface area (Å²) in [6.07, 6.45) is 0.315. The van der Waals surface area contributed by atoms with Gasteiger partial charge in [-0.1, -0.05) is 59.7 Å². The Hall–Kier alpha value is -3.21. The van der Waals surface area contributed by atoms with E-state index in [1.165, 1.54) is 16.7 Å². The molecule has 0 atom stereocenters. The van der Waals surface area contributed by atoms with Crippen molar-refractivity contribution in [1.29, 1.82) is 0 Å². The van der Waals surface area contributed by atoms with Gasteiger partial charge in [0.15, 0.2) is 5.82 Å². The van der Waals surface area contributed by atoms with Crippen LogP contribution in [0.4, 0.5) is 11.6 Å². The number of carbonyl (C=O) groups is 1. The van der Waals surface area contributed by atoms with Gasteiger partial charge in [-0.25, -0.2) is 0 Å². The fourth-order valence-electron chi connectivity index (χ4n) is 2.59. The van der Waals surface area contributed by atoms with Gasteiger partial charge in [0.1, 0.15) is 5.82 Å². The highest BCUT2D eigenvalue weighted by Crippen LogP contribution is 2.10. The number of anilines is 2. The molecule has 3 rings (SSSR count). The molecule has 3 aromatic rings. The third-order valence-corrected chi connectivity index (χ3v) is 3.97. The maximum Gasteiger partial charge on any atom is 0.229 e. The second-order valence-electron chi connectivity index (χ2n) is 6.36. The van der Waals surface area contributed by atoms with Crippen LogP contribution in [-0.2, 0) is 17.8 Å². The molecule has 1 amide bonds. The molecule has 5 nitrogen and oxygen atoms in total. The van der Waals surface area contributed by atoms with E-state index < -0.39 is 0 Å². The Labute approximate surface area is 153 Å². The molecular weight excluding hydrogens is 324 g/mol. The SMILES string of the molecule is Cc1ccc(CC(=O)Nc2ccc(NCc3cccc(C)c3)nn2)cc1. The molecule has 1 heterocycles. The van der Waals surface area contributed by atoms with Gasteiger partial charge >= 0.3 is 0 Å². The van der Waals surface area contributed by atoms with Gasteiger partial charge < -0.3 is 10.6 Å². The number of aromatic nitrogens is 2. The number of carbonyl (C=O) groups excluding carboxylic acids is 1. The van der Waals surface area contributed by atoms with Crippen LogP contribution in [0.15, 0.2) is 60.7 Å². The summed E-state index contributed by atoms with van der Waals surface area (Å²) in [7, 11) is 0. The van der Waals surface area contributed by atoms with E-state index >= 15 is 0 Å².